The summed E-state index contributed by atoms with van der Waals surface area (Å²) < 4.78 is 4.18. The number of benzene rings is 1. The summed E-state index contributed by atoms with van der Waals surface area (Å²) in [5.41, 5.74) is -2.20. The summed E-state index contributed by atoms with van der Waals surface area (Å²) in [6, 6.07) is 3.06. The van der Waals surface area contributed by atoms with Crippen molar-refractivity contribution >= 4 is 23.9 Å². The molecule has 0 radical (unpaired) electrons. The van der Waals surface area contributed by atoms with Crippen LogP contribution in [0.5, 0.6) is 0 Å². The van der Waals surface area contributed by atoms with Crippen LogP contribution in [0.3, 0.4) is 0 Å². The number of esters is 2. The van der Waals surface area contributed by atoms with Crippen LogP contribution in [0.15, 0.2) is 18.2 Å². The molecule has 0 aliphatic rings. The van der Waals surface area contributed by atoms with Crippen LogP contribution in [0.1, 0.15) is 38.0 Å². The molecule has 0 aliphatic carbocycles. The van der Waals surface area contributed by atoms with Crippen molar-refractivity contribution < 1.29 is 93.2 Å². The van der Waals surface area contributed by atoms with Crippen molar-refractivity contribution in [3.63, 3.8) is 0 Å². The van der Waals surface area contributed by atoms with Gasteiger partial charge in [0.05, 0.1) is 17.5 Å². The maximum Gasteiger partial charge on any atom is 1.00 e. The van der Waals surface area contributed by atoms with Gasteiger partial charge in [-0.05, 0) is 6.07 Å². The monoisotopic (exact) mass is 296 g/mol. The van der Waals surface area contributed by atoms with E-state index in [-0.39, 0.29) is 59.1 Å². The fraction of sp³-hybridized carbons (Fsp3) is 0.0909. The minimum Gasteiger partial charge on any atom is -0.545 e. The van der Waals surface area contributed by atoms with Gasteiger partial charge < -0.3 is 24.5 Å². The minimum atomic E-state index is -1.88. The van der Waals surface area contributed by atoms with Crippen LogP contribution in [0, 0.1) is 0 Å². The Balaban J connectivity index is 0. The van der Waals surface area contributed by atoms with Crippen LogP contribution in [0.2, 0.25) is 0 Å². The average Bonchev–Trinajstić information content (AvgIpc) is 2.26. The van der Waals surface area contributed by atoms with Crippen LogP contribution >= 0.6 is 0 Å². The van der Waals surface area contributed by atoms with E-state index in [1.165, 1.54) is 0 Å². The predicted molar refractivity (Wildman–Crippen MR) is 51.2 cm³/mol. The molecule has 0 saturated carbocycles. The molecule has 0 amide bonds. The molecule has 1 aromatic rings. The molecule has 0 aromatic heterocycles. The molecule has 0 spiro atoms. The Morgan fingerprint density at radius 1 is 0.950 bits per heavy atom. The Morgan fingerprint density at radius 2 is 1.45 bits per heavy atom. The SMILES string of the molecule is CC(=O)OC(=O)c1cccc(C(=O)[O-])c1C(=O)[O-].[Na+].[Na+]. The largest absolute Gasteiger partial charge is 1.00 e. The van der Waals surface area contributed by atoms with Crippen molar-refractivity contribution in [1.82, 2.24) is 0 Å². The Hall–Kier alpha value is -0.700. The van der Waals surface area contributed by atoms with Gasteiger partial charge in [-0.2, -0.15) is 0 Å². The van der Waals surface area contributed by atoms with Gasteiger partial charge in [0.2, 0.25) is 0 Å². The maximum atomic E-state index is 11.4. The molecule has 1 rings (SSSR count). The van der Waals surface area contributed by atoms with Gasteiger partial charge in [-0.3, -0.25) is 4.79 Å². The summed E-state index contributed by atoms with van der Waals surface area (Å²) in [4.78, 5) is 43.5. The van der Waals surface area contributed by atoms with Crippen molar-refractivity contribution in [2.24, 2.45) is 0 Å². The standard InChI is InChI=1S/C11H8O7.2Na/c1-5(12)18-11(17)7-4-2-3-6(9(13)14)8(7)10(15)16;;/h2-4H,1H3,(H,13,14)(H,15,16);;/q;2*+1/p-2. The van der Waals surface area contributed by atoms with Crippen LogP contribution in [-0.4, -0.2) is 23.9 Å². The number of carbonyl (C=O) groups excluding carboxylic acids is 4. The molecule has 1 aromatic carbocycles. The Labute approximate surface area is 157 Å². The number of carboxylic acid groups (broad SMARTS) is 2. The molecule has 0 atom stereocenters. The third-order valence-corrected chi connectivity index (χ3v) is 1.94. The zero-order chi connectivity index (χ0) is 13.9. The Morgan fingerprint density at radius 3 is 1.85 bits per heavy atom. The second-order valence-corrected chi connectivity index (χ2v) is 3.18. The van der Waals surface area contributed by atoms with Crippen molar-refractivity contribution in [3.8, 4) is 0 Å². The van der Waals surface area contributed by atoms with E-state index in [1.54, 1.807) is 0 Å². The summed E-state index contributed by atoms with van der Waals surface area (Å²) in [7, 11) is 0. The van der Waals surface area contributed by atoms with Crippen molar-refractivity contribution in [2.45, 2.75) is 6.92 Å². The molecule has 0 bridgehead atoms. The number of carbonyl (C=O) groups is 4. The van der Waals surface area contributed by atoms with E-state index >= 15 is 0 Å². The summed E-state index contributed by atoms with van der Waals surface area (Å²) in [6.07, 6.45) is 0. The molecule has 0 N–H and O–H groups in total. The number of carboxylic acids is 2. The van der Waals surface area contributed by atoms with E-state index in [0.29, 0.717) is 0 Å². The zero-order valence-corrected chi connectivity index (χ0v) is 15.1. The first-order valence-electron chi connectivity index (χ1n) is 4.63. The quantitative estimate of drug-likeness (QED) is 0.308. The van der Waals surface area contributed by atoms with Gasteiger partial charge in [0.15, 0.2) is 0 Å². The normalized spacial score (nSPS) is 8.65. The zero-order valence-electron chi connectivity index (χ0n) is 11.1. The summed E-state index contributed by atoms with van der Waals surface area (Å²) in [5, 5.41) is 21.5. The van der Waals surface area contributed by atoms with Gasteiger partial charge in [0.25, 0.3) is 0 Å². The fourth-order valence-electron chi connectivity index (χ4n) is 1.30. The van der Waals surface area contributed by atoms with Crippen molar-refractivity contribution in [3.05, 3.63) is 34.9 Å². The van der Waals surface area contributed by atoms with Crippen molar-refractivity contribution in [1.29, 1.82) is 0 Å². The third-order valence-electron chi connectivity index (χ3n) is 1.94. The van der Waals surface area contributed by atoms with E-state index in [4.69, 9.17) is 0 Å². The van der Waals surface area contributed by atoms with Crippen LogP contribution in [0.25, 0.3) is 0 Å². The van der Waals surface area contributed by atoms with Crippen LogP contribution in [0.4, 0.5) is 0 Å². The first-order chi connectivity index (χ1) is 8.34. The first kappa shape index (κ1) is 21.6. The second-order valence-electron chi connectivity index (χ2n) is 3.18. The molecule has 20 heavy (non-hydrogen) atoms. The molecule has 0 unspecified atom stereocenters. The van der Waals surface area contributed by atoms with Gasteiger partial charge in [-0.1, -0.05) is 12.1 Å². The third kappa shape index (κ3) is 5.35. The molecule has 9 heteroatoms. The number of hydrogen-bond acceptors (Lipinski definition) is 7. The maximum absolute atomic E-state index is 11.4. The van der Waals surface area contributed by atoms with Gasteiger partial charge in [0, 0.05) is 18.1 Å². The van der Waals surface area contributed by atoms with E-state index in [1.807, 2.05) is 0 Å². The van der Waals surface area contributed by atoms with Crippen LogP contribution < -0.4 is 69.3 Å². The van der Waals surface area contributed by atoms with Gasteiger partial charge in [-0.15, -0.1) is 0 Å². The summed E-state index contributed by atoms with van der Waals surface area (Å²) in [6.45, 7) is 0.944. The number of hydrogen-bond donors (Lipinski definition) is 0. The first-order valence-corrected chi connectivity index (χ1v) is 4.63. The van der Waals surface area contributed by atoms with E-state index in [9.17, 15) is 29.4 Å². The minimum absolute atomic E-state index is 0. The van der Waals surface area contributed by atoms with Crippen LogP contribution in [-0.2, 0) is 9.53 Å². The van der Waals surface area contributed by atoms with E-state index < -0.39 is 40.6 Å². The molecule has 7 nitrogen and oxygen atoms in total. The number of aromatic carboxylic acids is 2. The summed E-state index contributed by atoms with van der Waals surface area (Å²) in [5.74, 6) is -5.90. The molecule has 94 valence electrons. The smallest absolute Gasteiger partial charge is 0.545 e. The fourth-order valence-corrected chi connectivity index (χ4v) is 1.30. The second kappa shape index (κ2) is 9.28. The number of ether oxygens (including phenoxy) is 1. The van der Waals surface area contributed by atoms with Gasteiger partial charge in [-0.25, -0.2) is 4.79 Å². The molecule has 0 heterocycles. The van der Waals surface area contributed by atoms with E-state index in [0.717, 1.165) is 25.1 Å². The van der Waals surface area contributed by atoms with Gasteiger partial charge in [0.1, 0.15) is 0 Å². The number of rotatable bonds is 3. The summed E-state index contributed by atoms with van der Waals surface area (Å²) >= 11 is 0. The van der Waals surface area contributed by atoms with Crippen molar-refractivity contribution in [2.75, 3.05) is 0 Å². The topological polar surface area (TPSA) is 124 Å². The molecule has 0 saturated heterocycles. The predicted octanol–water partition coefficient (Wildman–Crippen LogP) is -7.88. The Kier molecular flexibility index (Phi) is 10.0. The van der Waals surface area contributed by atoms with Gasteiger partial charge >= 0.3 is 71.1 Å². The average molecular weight is 296 g/mol. The molecular formula is C11H6Na2O7. The van der Waals surface area contributed by atoms with E-state index in [2.05, 4.69) is 4.74 Å². The molecule has 0 fully saturated rings. The molecule has 0 aliphatic heterocycles. The molecular weight excluding hydrogens is 290 g/mol. The Bertz CT molecular complexity index is 554.